The van der Waals surface area contributed by atoms with Crippen molar-refractivity contribution < 1.29 is 19.7 Å². The smallest absolute Gasteiger partial charge is 0.142 e. The van der Waals surface area contributed by atoms with E-state index in [1.807, 2.05) is 6.92 Å². The van der Waals surface area contributed by atoms with Gasteiger partial charge in [-0.05, 0) is 55.3 Å². The number of hydrogen-bond acceptors (Lipinski definition) is 4. The molecule has 26 heavy (non-hydrogen) atoms. The van der Waals surface area contributed by atoms with Crippen LogP contribution in [-0.2, 0) is 9.53 Å². The fraction of sp³-hybridized carbons (Fsp3) is 0.955. The van der Waals surface area contributed by atoms with Crippen LogP contribution in [0.1, 0.15) is 66.7 Å². The van der Waals surface area contributed by atoms with Gasteiger partial charge in [-0.2, -0.15) is 0 Å². The zero-order valence-electron chi connectivity index (χ0n) is 17.4. The maximum atomic E-state index is 13.6. The molecule has 3 saturated carbocycles. The van der Waals surface area contributed by atoms with Gasteiger partial charge in [0.2, 0.25) is 0 Å². The molecule has 0 amide bonds. The molecule has 0 saturated heterocycles. The monoisotopic (exact) mass is 366 g/mol. The molecular weight excluding hydrogens is 328 g/mol. The molecule has 0 aliphatic heterocycles. The number of hydrogen-bond donors (Lipinski definition) is 2. The zero-order chi connectivity index (χ0) is 19.5. The Kier molecular flexibility index (Phi) is 5.12. The van der Waals surface area contributed by atoms with Crippen LogP contribution in [0.15, 0.2) is 0 Å². The summed E-state index contributed by atoms with van der Waals surface area (Å²) in [6.45, 7) is 10.7. The Morgan fingerprint density at radius 3 is 2.42 bits per heavy atom. The van der Waals surface area contributed by atoms with Crippen molar-refractivity contribution in [1.82, 2.24) is 0 Å². The van der Waals surface area contributed by atoms with Crippen LogP contribution in [0.2, 0.25) is 0 Å². The first-order valence-electron chi connectivity index (χ1n) is 10.5. The summed E-state index contributed by atoms with van der Waals surface area (Å²) in [5.41, 5.74) is -1.05. The topological polar surface area (TPSA) is 66.8 Å². The van der Waals surface area contributed by atoms with Crippen LogP contribution >= 0.6 is 0 Å². The van der Waals surface area contributed by atoms with Gasteiger partial charge in [-0.15, -0.1) is 0 Å². The van der Waals surface area contributed by atoms with Crippen LogP contribution in [-0.4, -0.2) is 41.9 Å². The highest BCUT2D eigenvalue weighted by Crippen LogP contribution is 2.69. The van der Waals surface area contributed by atoms with Gasteiger partial charge in [-0.1, -0.05) is 34.6 Å². The Bertz CT molecular complexity index is 562. The largest absolute Gasteiger partial charge is 0.396 e. The van der Waals surface area contributed by atoms with Gasteiger partial charge in [0.25, 0.3) is 0 Å². The van der Waals surface area contributed by atoms with E-state index in [4.69, 9.17) is 4.74 Å². The number of aliphatic hydroxyl groups is 2. The average Bonchev–Trinajstić information content (AvgIpc) is 2.93. The van der Waals surface area contributed by atoms with E-state index in [1.165, 1.54) is 0 Å². The lowest BCUT2D eigenvalue weighted by atomic mass is 9.43. The molecule has 9 atom stereocenters. The lowest BCUT2D eigenvalue weighted by molar-refractivity contribution is -0.200. The summed E-state index contributed by atoms with van der Waals surface area (Å²) in [4.78, 5) is 13.6. The van der Waals surface area contributed by atoms with Crippen molar-refractivity contribution in [1.29, 1.82) is 0 Å². The SMILES string of the molecule is CC[C@]1(C)C[C@@H](O)[C@@]2(C)C3[C@H](OC)[C@H](C)CC3(CC[C@H]2CO)C(C)C1=O. The van der Waals surface area contributed by atoms with E-state index in [0.29, 0.717) is 18.1 Å². The molecule has 0 heterocycles. The fourth-order valence-corrected chi connectivity index (χ4v) is 7.38. The number of rotatable bonds is 3. The zero-order valence-corrected chi connectivity index (χ0v) is 17.4. The molecule has 3 unspecified atom stereocenters. The lowest BCUT2D eigenvalue weighted by Gasteiger charge is -2.61. The van der Waals surface area contributed by atoms with Crippen LogP contribution < -0.4 is 0 Å². The second kappa shape index (κ2) is 6.56. The molecule has 4 nitrogen and oxygen atoms in total. The van der Waals surface area contributed by atoms with Gasteiger partial charge in [-0.25, -0.2) is 0 Å². The maximum Gasteiger partial charge on any atom is 0.142 e. The van der Waals surface area contributed by atoms with Crippen LogP contribution in [0.3, 0.4) is 0 Å². The number of carbonyl (C=O) groups is 1. The van der Waals surface area contributed by atoms with Crippen LogP contribution in [0.4, 0.5) is 0 Å². The number of carbonyl (C=O) groups excluding carboxylic acids is 1. The van der Waals surface area contributed by atoms with Crippen molar-refractivity contribution in [2.75, 3.05) is 13.7 Å². The standard InChI is InChI=1S/C22H38O4/c1-7-20(4)11-16(24)21(5)15(12-23)8-9-22(14(3)19(20)25)10-13(2)17(26-6)18(21)22/h13-18,23-24H,7-12H2,1-6H3/t13-,14?,15+,16-,17-,18?,20-,21+,22?/m1/s1. The summed E-state index contributed by atoms with van der Waals surface area (Å²) in [5.74, 6) is 0.801. The molecule has 3 fully saturated rings. The van der Waals surface area contributed by atoms with E-state index in [2.05, 4.69) is 27.7 Å². The van der Waals surface area contributed by atoms with Crippen molar-refractivity contribution >= 4 is 5.78 Å². The number of methoxy groups -OCH3 is 1. The number of ether oxygens (including phenoxy) is 1. The molecule has 3 aliphatic carbocycles. The van der Waals surface area contributed by atoms with Gasteiger partial charge >= 0.3 is 0 Å². The predicted molar refractivity (Wildman–Crippen MR) is 102 cm³/mol. The van der Waals surface area contributed by atoms with E-state index in [0.717, 1.165) is 25.7 Å². The quantitative estimate of drug-likeness (QED) is 0.803. The summed E-state index contributed by atoms with van der Waals surface area (Å²) in [6.07, 6.45) is 3.46. The highest BCUT2D eigenvalue weighted by molar-refractivity contribution is 5.87. The van der Waals surface area contributed by atoms with E-state index in [1.54, 1.807) is 7.11 Å². The van der Waals surface area contributed by atoms with Crippen molar-refractivity contribution in [2.24, 2.45) is 39.9 Å². The van der Waals surface area contributed by atoms with Gasteiger partial charge in [0.1, 0.15) is 5.78 Å². The fourth-order valence-electron chi connectivity index (χ4n) is 7.38. The Morgan fingerprint density at radius 1 is 1.23 bits per heavy atom. The number of Topliss-reactive ketones (excluding diaryl/α,β-unsaturated/α-hetero) is 1. The molecule has 0 radical (unpaired) electrons. The first-order chi connectivity index (χ1) is 12.1. The van der Waals surface area contributed by atoms with Crippen molar-refractivity contribution in [3.05, 3.63) is 0 Å². The second-order valence-electron chi connectivity index (χ2n) is 10.1. The molecule has 2 N–H and O–H groups in total. The third kappa shape index (κ3) is 2.41. The minimum atomic E-state index is -0.603. The molecule has 3 rings (SSSR count). The first kappa shape index (κ1) is 20.3. The third-order valence-corrected chi connectivity index (χ3v) is 9.20. The lowest BCUT2D eigenvalue weighted by Crippen LogP contribution is -2.63. The van der Waals surface area contributed by atoms with Crippen molar-refractivity contribution in [3.8, 4) is 0 Å². The normalized spacial score (nSPS) is 54.5. The summed E-state index contributed by atoms with van der Waals surface area (Å²) in [7, 11) is 1.76. The van der Waals surface area contributed by atoms with E-state index in [-0.39, 0.29) is 35.9 Å². The van der Waals surface area contributed by atoms with Gasteiger partial charge in [0.15, 0.2) is 0 Å². The molecule has 0 aromatic heterocycles. The summed E-state index contributed by atoms with van der Waals surface area (Å²) >= 11 is 0. The van der Waals surface area contributed by atoms with Gasteiger partial charge in [0.05, 0.1) is 12.2 Å². The van der Waals surface area contributed by atoms with Gasteiger partial charge in [-0.3, -0.25) is 4.79 Å². The summed E-state index contributed by atoms with van der Waals surface area (Å²) < 4.78 is 5.98. The number of ketones is 1. The molecule has 3 aliphatic rings. The van der Waals surface area contributed by atoms with Gasteiger partial charge < -0.3 is 14.9 Å². The predicted octanol–water partition coefficient (Wildman–Crippen LogP) is 3.44. The Morgan fingerprint density at radius 2 is 1.88 bits per heavy atom. The van der Waals surface area contributed by atoms with Crippen LogP contribution in [0.5, 0.6) is 0 Å². The highest BCUT2D eigenvalue weighted by Gasteiger charge is 2.69. The molecular formula is C22H38O4. The maximum absolute atomic E-state index is 13.6. The molecule has 150 valence electrons. The third-order valence-electron chi connectivity index (χ3n) is 9.20. The van der Waals surface area contributed by atoms with E-state index >= 15 is 0 Å². The van der Waals surface area contributed by atoms with Crippen molar-refractivity contribution in [3.63, 3.8) is 0 Å². The average molecular weight is 367 g/mol. The van der Waals surface area contributed by atoms with Crippen molar-refractivity contribution in [2.45, 2.75) is 78.9 Å². The molecule has 2 bridgehead atoms. The second-order valence-corrected chi connectivity index (χ2v) is 10.1. The molecule has 4 heteroatoms. The number of aliphatic hydroxyl groups excluding tert-OH is 2. The Labute approximate surface area is 158 Å². The summed E-state index contributed by atoms with van der Waals surface area (Å²) in [6, 6.07) is 0. The molecule has 0 spiro atoms. The van der Waals surface area contributed by atoms with Gasteiger partial charge in [0, 0.05) is 30.5 Å². The van der Waals surface area contributed by atoms with E-state index in [9.17, 15) is 15.0 Å². The summed E-state index contributed by atoms with van der Waals surface area (Å²) in [5, 5.41) is 21.7. The minimum absolute atomic E-state index is 0.0326. The molecule has 0 aromatic rings. The first-order valence-corrected chi connectivity index (χ1v) is 10.5. The van der Waals surface area contributed by atoms with Crippen LogP contribution in [0.25, 0.3) is 0 Å². The van der Waals surface area contributed by atoms with E-state index < -0.39 is 16.9 Å². The molecule has 0 aromatic carbocycles. The highest BCUT2D eigenvalue weighted by atomic mass is 16.5. The van der Waals surface area contributed by atoms with Crippen LogP contribution in [0, 0.1) is 39.9 Å². The Balaban J connectivity index is 2.23. The Hall–Kier alpha value is -0.450. The minimum Gasteiger partial charge on any atom is -0.396 e.